The van der Waals surface area contributed by atoms with E-state index >= 15 is 0 Å². The molecular formula is C19H24N2O4S2. The van der Waals surface area contributed by atoms with Crippen LogP contribution in [-0.2, 0) is 21.2 Å². The molecule has 1 aromatic heterocycles. The van der Waals surface area contributed by atoms with Crippen molar-refractivity contribution in [2.75, 3.05) is 26.7 Å². The molecule has 1 saturated heterocycles. The van der Waals surface area contributed by atoms with Crippen molar-refractivity contribution in [2.45, 2.75) is 23.5 Å². The third-order valence-electron chi connectivity index (χ3n) is 4.72. The van der Waals surface area contributed by atoms with Gasteiger partial charge in [0.25, 0.3) is 10.0 Å². The van der Waals surface area contributed by atoms with Crippen molar-refractivity contribution in [3.8, 4) is 5.75 Å². The minimum atomic E-state index is -3.50. The SMILES string of the molecule is COc1ccc(CCNC(=O)[C@H]2CCCN(S(=O)(=O)c3cccs3)C2)cc1. The standard InChI is InChI=1S/C19H24N2O4S2/c1-25-17-8-6-15(7-9-17)10-11-20-19(22)16-4-2-12-21(14-16)27(23,24)18-5-3-13-26-18/h3,5-9,13,16H,2,4,10-12,14H2,1H3,(H,20,22)/t16-/m0/s1. The number of rotatable bonds is 7. The number of ether oxygens (including phenoxy) is 1. The van der Waals surface area contributed by atoms with Crippen LogP contribution in [0.2, 0.25) is 0 Å². The predicted octanol–water partition coefficient (Wildman–Crippen LogP) is 2.52. The van der Waals surface area contributed by atoms with Crippen LogP contribution in [0.3, 0.4) is 0 Å². The highest BCUT2D eigenvalue weighted by molar-refractivity contribution is 7.91. The summed E-state index contributed by atoms with van der Waals surface area (Å²) in [5.41, 5.74) is 1.11. The number of nitrogens with one attached hydrogen (secondary N) is 1. The molecule has 2 heterocycles. The number of hydrogen-bond donors (Lipinski definition) is 1. The van der Waals surface area contributed by atoms with Crippen LogP contribution in [-0.4, -0.2) is 45.4 Å². The summed E-state index contributed by atoms with van der Waals surface area (Å²) in [4.78, 5) is 12.5. The second-order valence-electron chi connectivity index (χ2n) is 6.52. The lowest BCUT2D eigenvalue weighted by Crippen LogP contribution is -2.45. The maximum absolute atomic E-state index is 12.7. The van der Waals surface area contributed by atoms with Crippen molar-refractivity contribution in [1.82, 2.24) is 9.62 Å². The minimum Gasteiger partial charge on any atom is -0.497 e. The Balaban J connectivity index is 1.52. The lowest BCUT2D eigenvalue weighted by Gasteiger charge is -2.30. The number of thiophene rings is 1. The van der Waals surface area contributed by atoms with E-state index in [1.54, 1.807) is 24.6 Å². The van der Waals surface area contributed by atoms with E-state index in [4.69, 9.17) is 4.74 Å². The van der Waals surface area contributed by atoms with Gasteiger partial charge in [0.15, 0.2) is 0 Å². The molecular weight excluding hydrogens is 384 g/mol. The molecule has 0 saturated carbocycles. The first-order chi connectivity index (χ1) is 13.0. The van der Waals surface area contributed by atoms with E-state index in [0.29, 0.717) is 30.1 Å². The molecule has 0 spiro atoms. The Morgan fingerprint density at radius 2 is 2.07 bits per heavy atom. The van der Waals surface area contributed by atoms with E-state index in [0.717, 1.165) is 17.7 Å². The fraction of sp³-hybridized carbons (Fsp3) is 0.421. The molecule has 1 aliphatic rings. The lowest BCUT2D eigenvalue weighted by atomic mass is 9.99. The fourth-order valence-electron chi connectivity index (χ4n) is 3.18. The molecule has 146 valence electrons. The molecule has 27 heavy (non-hydrogen) atoms. The highest BCUT2D eigenvalue weighted by Gasteiger charge is 2.33. The van der Waals surface area contributed by atoms with Gasteiger partial charge in [-0.25, -0.2) is 8.42 Å². The number of sulfonamides is 1. The van der Waals surface area contributed by atoms with Crippen LogP contribution in [0.25, 0.3) is 0 Å². The molecule has 1 N–H and O–H groups in total. The highest BCUT2D eigenvalue weighted by atomic mass is 32.2. The summed E-state index contributed by atoms with van der Waals surface area (Å²) in [6.45, 7) is 1.24. The van der Waals surface area contributed by atoms with Gasteiger partial charge in [-0.05, 0) is 48.4 Å². The van der Waals surface area contributed by atoms with Crippen molar-refractivity contribution in [3.63, 3.8) is 0 Å². The number of piperidine rings is 1. The van der Waals surface area contributed by atoms with Gasteiger partial charge in [-0.15, -0.1) is 11.3 Å². The average Bonchev–Trinajstić information content (AvgIpc) is 3.24. The topological polar surface area (TPSA) is 75.7 Å². The Hall–Kier alpha value is -1.90. The van der Waals surface area contributed by atoms with E-state index in [-0.39, 0.29) is 18.4 Å². The first kappa shape index (κ1) is 19.9. The van der Waals surface area contributed by atoms with Gasteiger partial charge in [-0.3, -0.25) is 4.79 Å². The van der Waals surface area contributed by atoms with Gasteiger partial charge in [-0.2, -0.15) is 4.31 Å². The molecule has 1 amide bonds. The van der Waals surface area contributed by atoms with E-state index in [1.165, 1.54) is 15.6 Å². The first-order valence-corrected chi connectivity index (χ1v) is 11.3. The molecule has 0 unspecified atom stereocenters. The molecule has 6 nitrogen and oxygen atoms in total. The van der Waals surface area contributed by atoms with Gasteiger partial charge in [0.05, 0.1) is 13.0 Å². The number of carbonyl (C=O) groups is 1. The van der Waals surface area contributed by atoms with Gasteiger partial charge in [0.1, 0.15) is 9.96 Å². The molecule has 0 aliphatic carbocycles. The van der Waals surface area contributed by atoms with Crippen LogP contribution >= 0.6 is 11.3 Å². The summed E-state index contributed by atoms with van der Waals surface area (Å²) >= 11 is 1.21. The van der Waals surface area contributed by atoms with Crippen LogP contribution in [0.4, 0.5) is 0 Å². The van der Waals surface area contributed by atoms with Gasteiger partial charge >= 0.3 is 0 Å². The van der Waals surface area contributed by atoms with Crippen molar-refractivity contribution in [1.29, 1.82) is 0 Å². The summed E-state index contributed by atoms with van der Waals surface area (Å²) < 4.78 is 32.2. The summed E-state index contributed by atoms with van der Waals surface area (Å²) in [7, 11) is -1.87. The van der Waals surface area contributed by atoms with E-state index in [2.05, 4.69) is 5.32 Å². The van der Waals surface area contributed by atoms with Crippen molar-refractivity contribution in [2.24, 2.45) is 5.92 Å². The largest absolute Gasteiger partial charge is 0.497 e. The third-order valence-corrected chi connectivity index (χ3v) is 7.95. The van der Waals surface area contributed by atoms with Crippen molar-refractivity contribution >= 4 is 27.3 Å². The maximum Gasteiger partial charge on any atom is 0.252 e. The summed E-state index contributed by atoms with van der Waals surface area (Å²) in [6.07, 6.45) is 2.13. The second kappa shape index (κ2) is 8.86. The van der Waals surface area contributed by atoms with Gasteiger partial charge in [0.2, 0.25) is 5.91 Å². The highest BCUT2D eigenvalue weighted by Crippen LogP contribution is 2.26. The molecule has 0 radical (unpaired) electrons. The number of methoxy groups -OCH3 is 1. The molecule has 3 rings (SSSR count). The van der Waals surface area contributed by atoms with E-state index in [1.807, 2.05) is 24.3 Å². The normalized spacial score (nSPS) is 18.2. The summed E-state index contributed by atoms with van der Waals surface area (Å²) in [5.74, 6) is 0.427. The zero-order valence-electron chi connectivity index (χ0n) is 15.3. The van der Waals surface area contributed by atoms with E-state index in [9.17, 15) is 13.2 Å². The number of hydrogen-bond acceptors (Lipinski definition) is 5. The van der Waals surface area contributed by atoms with Gasteiger partial charge < -0.3 is 10.1 Å². The monoisotopic (exact) mass is 408 g/mol. The molecule has 1 fully saturated rings. The smallest absolute Gasteiger partial charge is 0.252 e. The van der Waals surface area contributed by atoms with Gasteiger partial charge in [-0.1, -0.05) is 18.2 Å². The fourth-order valence-corrected chi connectivity index (χ4v) is 5.85. The Labute approximate surface area is 164 Å². The molecule has 1 aliphatic heterocycles. The third kappa shape index (κ3) is 4.88. The zero-order valence-corrected chi connectivity index (χ0v) is 16.9. The summed E-state index contributed by atoms with van der Waals surface area (Å²) in [5, 5.41) is 4.70. The Morgan fingerprint density at radius 1 is 1.30 bits per heavy atom. The number of benzene rings is 1. The number of nitrogens with zero attached hydrogens (tertiary/aromatic N) is 1. The Morgan fingerprint density at radius 3 is 2.74 bits per heavy atom. The second-order valence-corrected chi connectivity index (χ2v) is 9.64. The first-order valence-electron chi connectivity index (χ1n) is 8.95. The van der Waals surface area contributed by atoms with Crippen LogP contribution in [0.15, 0.2) is 46.0 Å². The Kier molecular flexibility index (Phi) is 6.51. The molecule has 2 aromatic rings. The van der Waals surface area contributed by atoms with Crippen LogP contribution < -0.4 is 10.1 Å². The van der Waals surface area contributed by atoms with Crippen LogP contribution in [0.1, 0.15) is 18.4 Å². The number of carbonyl (C=O) groups excluding carboxylic acids is 1. The Bertz CT molecular complexity index is 848. The van der Waals surface area contributed by atoms with E-state index < -0.39 is 10.0 Å². The molecule has 8 heteroatoms. The number of amides is 1. The van der Waals surface area contributed by atoms with Crippen LogP contribution in [0, 0.1) is 5.92 Å². The predicted molar refractivity (Wildman–Crippen MR) is 106 cm³/mol. The quantitative estimate of drug-likeness (QED) is 0.764. The maximum atomic E-state index is 12.7. The van der Waals surface area contributed by atoms with Crippen LogP contribution in [0.5, 0.6) is 5.75 Å². The average molecular weight is 409 g/mol. The molecule has 1 atom stereocenters. The van der Waals surface area contributed by atoms with Crippen molar-refractivity contribution in [3.05, 3.63) is 47.3 Å². The zero-order chi connectivity index (χ0) is 19.3. The minimum absolute atomic E-state index is 0.0745. The summed E-state index contributed by atoms with van der Waals surface area (Å²) in [6, 6.07) is 11.1. The molecule has 0 bridgehead atoms. The van der Waals surface area contributed by atoms with Gasteiger partial charge in [0, 0.05) is 19.6 Å². The molecule has 1 aromatic carbocycles. The lowest BCUT2D eigenvalue weighted by molar-refractivity contribution is -0.126. The van der Waals surface area contributed by atoms with Crippen molar-refractivity contribution < 1.29 is 17.9 Å².